The van der Waals surface area contributed by atoms with Crippen LogP contribution >= 0.6 is 0 Å². The zero-order chi connectivity index (χ0) is 18.6. The molecule has 2 N–H and O–H groups in total. The highest BCUT2D eigenvalue weighted by atomic mass is 19.4. The average Bonchev–Trinajstić information content (AvgIpc) is 2.47. The fourth-order valence-electron chi connectivity index (χ4n) is 2.11. The molecule has 25 heavy (non-hydrogen) atoms. The second kappa shape index (κ2) is 7.24. The van der Waals surface area contributed by atoms with Gasteiger partial charge in [0.05, 0.1) is 0 Å². The van der Waals surface area contributed by atoms with Gasteiger partial charge in [-0.1, -0.05) is 12.1 Å². The van der Waals surface area contributed by atoms with Gasteiger partial charge in [0.15, 0.2) is 6.29 Å². The topological polar surface area (TPSA) is 91.2 Å². The minimum absolute atomic E-state index is 0.0763. The van der Waals surface area contributed by atoms with Gasteiger partial charge in [-0.15, -0.1) is 13.2 Å². The van der Waals surface area contributed by atoms with Crippen molar-refractivity contribution in [2.75, 3.05) is 0 Å². The Kier molecular flexibility index (Phi) is 5.30. The summed E-state index contributed by atoms with van der Waals surface area (Å²) in [6.45, 7) is 1.32. The van der Waals surface area contributed by atoms with E-state index in [1.54, 1.807) is 6.07 Å². The van der Waals surface area contributed by atoms with E-state index in [2.05, 4.69) is 15.0 Å². The van der Waals surface area contributed by atoms with E-state index >= 15 is 0 Å². The average molecular weight is 357 g/mol. The number of ether oxygens (including phenoxy) is 1. The Labute approximate surface area is 140 Å². The molecule has 10 heteroatoms. The molecule has 1 amide bonds. The highest BCUT2D eigenvalue weighted by Gasteiger charge is 2.31. The zero-order valence-electron chi connectivity index (χ0n) is 12.9. The van der Waals surface area contributed by atoms with Crippen LogP contribution in [0.1, 0.15) is 12.5 Å². The van der Waals surface area contributed by atoms with E-state index < -0.39 is 24.5 Å². The first kappa shape index (κ1) is 18.3. The Balaban J connectivity index is 2.18. The summed E-state index contributed by atoms with van der Waals surface area (Å²) in [5.74, 6) is -2.07. The van der Waals surface area contributed by atoms with Crippen molar-refractivity contribution < 1.29 is 32.6 Å². The number of carboxylic acid groups (broad SMARTS) is 1. The van der Waals surface area contributed by atoms with Crippen molar-refractivity contribution in [2.45, 2.75) is 26.1 Å². The van der Waals surface area contributed by atoms with Crippen molar-refractivity contribution in [3.8, 4) is 5.75 Å². The van der Waals surface area contributed by atoms with Crippen molar-refractivity contribution in [1.82, 2.24) is 10.2 Å². The Morgan fingerprint density at radius 3 is 2.72 bits per heavy atom. The van der Waals surface area contributed by atoms with Gasteiger partial charge < -0.3 is 20.1 Å². The number of hydrogen-bond donors (Lipinski definition) is 2. The third-order valence-corrected chi connectivity index (χ3v) is 3.05. The van der Waals surface area contributed by atoms with Crippen LogP contribution in [0.3, 0.4) is 0 Å². The Morgan fingerprint density at radius 2 is 2.12 bits per heavy atom. The van der Waals surface area contributed by atoms with Crippen molar-refractivity contribution in [3.05, 3.63) is 42.1 Å². The first-order chi connectivity index (χ1) is 11.6. The summed E-state index contributed by atoms with van der Waals surface area (Å²) >= 11 is 0. The molecular weight excluding hydrogens is 343 g/mol. The molecule has 1 aliphatic heterocycles. The molecule has 1 aromatic carbocycles. The van der Waals surface area contributed by atoms with Gasteiger partial charge >= 0.3 is 12.3 Å². The predicted octanol–water partition coefficient (Wildman–Crippen LogP) is 1.86. The van der Waals surface area contributed by atoms with Crippen LogP contribution in [0.25, 0.3) is 0 Å². The molecule has 2 rings (SSSR count). The maximum absolute atomic E-state index is 12.3. The highest BCUT2D eigenvalue weighted by molar-refractivity contribution is 6.40. The van der Waals surface area contributed by atoms with E-state index in [1.807, 2.05) is 0 Å². The van der Waals surface area contributed by atoms with E-state index in [9.17, 15) is 22.8 Å². The van der Waals surface area contributed by atoms with Crippen LogP contribution in [0.15, 0.2) is 41.5 Å². The molecule has 0 saturated heterocycles. The fourth-order valence-corrected chi connectivity index (χ4v) is 2.11. The molecule has 7 nitrogen and oxygen atoms in total. The molecule has 0 aliphatic carbocycles. The van der Waals surface area contributed by atoms with Gasteiger partial charge in [0, 0.05) is 19.7 Å². The van der Waals surface area contributed by atoms with Crippen LogP contribution in [0, 0.1) is 0 Å². The van der Waals surface area contributed by atoms with Gasteiger partial charge in [-0.05, 0) is 23.8 Å². The minimum atomic E-state index is -4.80. The van der Waals surface area contributed by atoms with Crippen LogP contribution in [-0.2, 0) is 16.1 Å². The number of carboxylic acids is 1. The number of alkyl halides is 3. The number of rotatable bonds is 5. The lowest BCUT2D eigenvalue weighted by molar-refractivity contribution is -0.274. The number of benzene rings is 1. The number of carbonyl (C=O) groups is 2. The van der Waals surface area contributed by atoms with Crippen LogP contribution in [-0.4, -0.2) is 40.2 Å². The number of halogens is 3. The maximum Gasteiger partial charge on any atom is 0.573 e. The monoisotopic (exact) mass is 357 g/mol. The van der Waals surface area contributed by atoms with Crippen molar-refractivity contribution in [1.29, 1.82) is 0 Å². The van der Waals surface area contributed by atoms with E-state index in [4.69, 9.17) is 5.11 Å². The summed E-state index contributed by atoms with van der Waals surface area (Å²) in [4.78, 5) is 27.6. The van der Waals surface area contributed by atoms with Gasteiger partial charge in [-0.25, -0.2) is 9.79 Å². The molecule has 134 valence electrons. The third-order valence-electron chi connectivity index (χ3n) is 3.05. The molecule has 0 aromatic heterocycles. The molecule has 0 radical (unpaired) electrons. The predicted molar refractivity (Wildman–Crippen MR) is 80.5 cm³/mol. The molecule has 1 heterocycles. The summed E-state index contributed by atoms with van der Waals surface area (Å²) < 4.78 is 40.7. The Bertz CT molecular complexity index is 731. The van der Waals surface area contributed by atoms with E-state index in [-0.39, 0.29) is 18.0 Å². The molecule has 1 aliphatic rings. The molecule has 1 aromatic rings. The lowest BCUT2D eigenvalue weighted by Crippen LogP contribution is -2.46. The maximum atomic E-state index is 12.3. The van der Waals surface area contributed by atoms with Crippen LogP contribution in [0.4, 0.5) is 13.2 Å². The second-order valence-corrected chi connectivity index (χ2v) is 5.08. The smallest absolute Gasteiger partial charge is 0.477 e. The quantitative estimate of drug-likeness (QED) is 0.839. The van der Waals surface area contributed by atoms with Crippen molar-refractivity contribution in [3.63, 3.8) is 0 Å². The number of aliphatic imine (C=N–C) groups is 1. The summed E-state index contributed by atoms with van der Waals surface area (Å²) in [7, 11) is 0. The lowest BCUT2D eigenvalue weighted by Gasteiger charge is -2.30. The first-order valence-corrected chi connectivity index (χ1v) is 7.01. The van der Waals surface area contributed by atoms with Crippen LogP contribution < -0.4 is 10.1 Å². The molecule has 0 fully saturated rings. The molecule has 0 saturated carbocycles. The van der Waals surface area contributed by atoms with Crippen molar-refractivity contribution in [2.24, 2.45) is 4.99 Å². The minimum Gasteiger partial charge on any atom is -0.477 e. The Hall–Kier alpha value is -3.04. The molecular formula is C15H14F3N3O4. The number of nitrogens with one attached hydrogen (secondary N) is 1. The third kappa shape index (κ3) is 5.52. The number of amides is 1. The summed E-state index contributed by atoms with van der Waals surface area (Å²) in [5, 5.41) is 11.4. The molecule has 0 bridgehead atoms. The van der Waals surface area contributed by atoms with Gasteiger partial charge in [-0.3, -0.25) is 4.79 Å². The van der Waals surface area contributed by atoms with Crippen LogP contribution in [0.2, 0.25) is 0 Å². The van der Waals surface area contributed by atoms with Gasteiger partial charge in [0.2, 0.25) is 5.91 Å². The van der Waals surface area contributed by atoms with Crippen molar-refractivity contribution >= 4 is 17.6 Å². The van der Waals surface area contributed by atoms with Gasteiger partial charge in [0.1, 0.15) is 11.5 Å². The molecule has 1 atom stereocenters. The summed E-state index contributed by atoms with van der Waals surface area (Å²) in [5.41, 5.74) is 0.208. The fraction of sp³-hybridized carbons (Fsp3) is 0.267. The normalized spacial score (nSPS) is 17.0. The summed E-state index contributed by atoms with van der Waals surface area (Å²) in [6, 6.07) is 5.32. The summed E-state index contributed by atoms with van der Waals surface area (Å²) in [6.07, 6.45) is -3.16. The van der Waals surface area contributed by atoms with E-state index in [0.717, 1.165) is 6.07 Å². The van der Waals surface area contributed by atoms with Gasteiger partial charge in [-0.2, -0.15) is 0 Å². The van der Waals surface area contributed by atoms with Crippen LogP contribution in [0.5, 0.6) is 5.75 Å². The van der Waals surface area contributed by atoms with E-state index in [0.29, 0.717) is 5.56 Å². The standard InChI is InChI=1S/C15H14F3N3O4/c1-9(22)19-14-20-12(13(23)24)5-6-21(14)8-10-3-2-4-11(7-10)25-15(16,17)18/h2-7,14H,8H2,1H3,(H,19,22)(H,23,24). The second-order valence-electron chi connectivity index (χ2n) is 5.08. The number of nitrogens with zero attached hydrogens (tertiary/aromatic N) is 2. The molecule has 1 unspecified atom stereocenters. The first-order valence-electron chi connectivity index (χ1n) is 7.01. The van der Waals surface area contributed by atoms with Gasteiger partial charge in [0.25, 0.3) is 0 Å². The molecule has 0 spiro atoms. The zero-order valence-corrected chi connectivity index (χ0v) is 12.9. The SMILES string of the molecule is CC(=O)NC1N=C(C(=O)O)C=CN1Cc1cccc(OC(F)(F)F)c1. The highest BCUT2D eigenvalue weighted by Crippen LogP contribution is 2.24. The Morgan fingerprint density at radius 1 is 1.40 bits per heavy atom. The largest absolute Gasteiger partial charge is 0.573 e. The number of carbonyl (C=O) groups excluding carboxylic acids is 1. The number of hydrogen-bond acceptors (Lipinski definition) is 5. The van der Waals surface area contributed by atoms with E-state index in [1.165, 1.54) is 36.2 Å². The number of aliphatic carboxylic acids is 1. The lowest BCUT2D eigenvalue weighted by atomic mass is 10.2.